The summed E-state index contributed by atoms with van der Waals surface area (Å²) in [5.74, 6) is 0.876. The Balaban J connectivity index is 1.46. The van der Waals surface area contributed by atoms with Gasteiger partial charge in [0.1, 0.15) is 5.69 Å². The number of nitrogens with zero attached hydrogens (tertiary/aromatic N) is 4. The zero-order valence-corrected chi connectivity index (χ0v) is 13.3. The molecular weight excluding hydrogens is 280 g/mol. The second-order valence-corrected chi connectivity index (χ2v) is 6.81. The molecule has 1 saturated carbocycles. The largest absolute Gasteiger partial charge is 0.387 e. The lowest BCUT2D eigenvalue weighted by Crippen LogP contribution is -2.51. The van der Waals surface area contributed by atoms with Crippen molar-refractivity contribution in [3.63, 3.8) is 0 Å². The summed E-state index contributed by atoms with van der Waals surface area (Å²) < 4.78 is 1.78. The van der Waals surface area contributed by atoms with Crippen LogP contribution in [-0.2, 0) is 4.79 Å². The van der Waals surface area contributed by atoms with Gasteiger partial charge in [0.25, 0.3) is 0 Å². The van der Waals surface area contributed by atoms with Gasteiger partial charge in [-0.05, 0) is 25.7 Å². The van der Waals surface area contributed by atoms with Gasteiger partial charge in [0.05, 0.1) is 18.3 Å². The van der Waals surface area contributed by atoms with E-state index in [0.717, 1.165) is 0 Å². The lowest BCUT2D eigenvalue weighted by atomic mass is 9.95. The van der Waals surface area contributed by atoms with Crippen LogP contribution < -0.4 is 0 Å². The first-order chi connectivity index (χ1) is 10.6. The molecule has 1 saturated heterocycles. The van der Waals surface area contributed by atoms with Gasteiger partial charge < -0.3 is 10.0 Å². The molecule has 1 aromatic heterocycles. The van der Waals surface area contributed by atoms with Gasteiger partial charge in [0, 0.05) is 19.5 Å². The van der Waals surface area contributed by atoms with Crippen LogP contribution in [0.3, 0.4) is 0 Å². The summed E-state index contributed by atoms with van der Waals surface area (Å²) in [5, 5.41) is 17.5. The molecular formula is C16H26N4O2. The molecule has 0 radical (unpaired) electrons. The number of carbonyl (C=O) groups excluding carboxylic acids is 1. The number of aromatic nitrogens is 3. The van der Waals surface area contributed by atoms with Crippen LogP contribution in [0.2, 0.25) is 0 Å². The van der Waals surface area contributed by atoms with Crippen molar-refractivity contribution in [2.75, 3.05) is 13.1 Å². The van der Waals surface area contributed by atoms with Crippen molar-refractivity contribution in [3.8, 4) is 0 Å². The van der Waals surface area contributed by atoms with Crippen molar-refractivity contribution in [1.29, 1.82) is 0 Å². The Morgan fingerprint density at radius 2 is 2.00 bits per heavy atom. The first-order valence-electron chi connectivity index (χ1n) is 8.51. The van der Waals surface area contributed by atoms with Gasteiger partial charge in [0.15, 0.2) is 0 Å². The summed E-state index contributed by atoms with van der Waals surface area (Å²) in [6.45, 7) is 3.11. The Kier molecular flexibility index (Phi) is 4.76. The second kappa shape index (κ2) is 6.77. The summed E-state index contributed by atoms with van der Waals surface area (Å²) in [7, 11) is 0. The molecule has 0 unspecified atom stereocenters. The number of rotatable bonds is 4. The second-order valence-electron chi connectivity index (χ2n) is 6.81. The van der Waals surface area contributed by atoms with Gasteiger partial charge in [-0.1, -0.05) is 30.9 Å². The molecule has 1 N–H and O–H groups in total. The van der Waals surface area contributed by atoms with E-state index in [4.69, 9.17) is 0 Å². The van der Waals surface area contributed by atoms with Gasteiger partial charge in [-0.25, -0.2) is 4.68 Å². The van der Waals surface area contributed by atoms with Crippen molar-refractivity contribution >= 4 is 5.91 Å². The highest BCUT2D eigenvalue weighted by Crippen LogP contribution is 2.28. The number of carbonyl (C=O) groups is 1. The average molecular weight is 306 g/mol. The van der Waals surface area contributed by atoms with E-state index >= 15 is 0 Å². The fraction of sp³-hybridized carbons (Fsp3) is 0.812. The predicted molar refractivity (Wildman–Crippen MR) is 82.1 cm³/mol. The molecule has 2 heterocycles. The number of aliphatic hydroxyl groups excluding tert-OH is 1. The van der Waals surface area contributed by atoms with Crippen LogP contribution in [0.25, 0.3) is 0 Å². The number of hydrogen-bond acceptors (Lipinski definition) is 4. The standard InChI is InChI=1S/C16H26N4O2/c1-12(21)15-11-20(18-17-15)14-9-19(10-14)16(22)8-13-6-4-2-3-5-7-13/h11-14,21H,2-10H2,1H3/t12-/m0/s1. The quantitative estimate of drug-likeness (QED) is 0.865. The summed E-state index contributed by atoms with van der Waals surface area (Å²) in [6, 6.07) is 0.207. The van der Waals surface area contributed by atoms with Gasteiger partial charge in [-0.3, -0.25) is 4.79 Å². The normalized spacial score (nSPS) is 22.2. The van der Waals surface area contributed by atoms with E-state index in [1.807, 2.05) is 4.90 Å². The molecule has 2 fully saturated rings. The van der Waals surface area contributed by atoms with E-state index < -0.39 is 6.10 Å². The minimum atomic E-state index is -0.596. The van der Waals surface area contributed by atoms with Crippen LogP contribution in [0, 0.1) is 5.92 Å². The number of likely N-dealkylation sites (tertiary alicyclic amines) is 1. The molecule has 1 atom stereocenters. The van der Waals surface area contributed by atoms with Crippen LogP contribution >= 0.6 is 0 Å². The van der Waals surface area contributed by atoms with E-state index in [-0.39, 0.29) is 6.04 Å². The van der Waals surface area contributed by atoms with Crippen molar-refractivity contribution in [2.45, 2.75) is 64.0 Å². The van der Waals surface area contributed by atoms with Gasteiger partial charge in [0.2, 0.25) is 5.91 Å². The SMILES string of the molecule is C[C@H](O)c1cn(C2CN(C(=O)CC3CCCCCC3)C2)nn1. The smallest absolute Gasteiger partial charge is 0.222 e. The third-order valence-electron chi connectivity index (χ3n) is 4.98. The fourth-order valence-corrected chi connectivity index (χ4v) is 3.43. The fourth-order valence-electron chi connectivity index (χ4n) is 3.43. The maximum Gasteiger partial charge on any atom is 0.222 e. The molecule has 22 heavy (non-hydrogen) atoms. The summed E-state index contributed by atoms with van der Waals surface area (Å²) in [5.41, 5.74) is 0.586. The third-order valence-corrected chi connectivity index (χ3v) is 4.98. The van der Waals surface area contributed by atoms with Crippen molar-refractivity contribution < 1.29 is 9.90 Å². The lowest BCUT2D eigenvalue weighted by Gasteiger charge is -2.39. The van der Waals surface area contributed by atoms with Crippen LogP contribution in [0.1, 0.15) is 69.7 Å². The number of amides is 1. The lowest BCUT2D eigenvalue weighted by molar-refractivity contribution is -0.138. The molecule has 0 aromatic carbocycles. The van der Waals surface area contributed by atoms with Crippen LogP contribution in [0.15, 0.2) is 6.20 Å². The molecule has 6 heteroatoms. The summed E-state index contributed by atoms with van der Waals surface area (Å²) in [6.07, 6.45) is 9.53. The maximum atomic E-state index is 12.3. The molecule has 2 aliphatic rings. The number of aliphatic hydroxyl groups is 1. The van der Waals surface area contributed by atoms with E-state index in [9.17, 15) is 9.90 Å². The highest BCUT2D eigenvalue weighted by Gasteiger charge is 2.33. The minimum Gasteiger partial charge on any atom is -0.387 e. The summed E-state index contributed by atoms with van der Waals surface area (Å²) >= 11 is 0. The average Bonchev–Trinajstić information content (AvgIpc) is 2.76. The van der Waals surface area contributed by atoms with Crippen molar-refractivity contribution in [1.82, 2.24) is 19.9 Å². The monoisotopic (exact) mass is 306 g/mol. The summed E-state index contributed by atoms with van der Waals surface area (Å²) in [4.78, 5) is 14.3. The van der Waals surface area contributed by atoms with E-state index in [2.05, 4.69) is 10.3 Å². The first-order valence-corrected chi connectivity index (χ1v) is 8.51. The maximum absolute atomic E-state index is 12.3. The molecule has 6 nitrogen and oxygen atoms in total. The third kappa shape index (κ3) is 3.48. The van der Waals surface area contributed by atoms with Crippen molar-refractivity contribution in [3.05, 3.63) is 11.9 Å². The molecule has 3 rings (SSSR count). The predicted octanol–water partition coefficient (Wildman–Crippen LogP) is 2.08. The van der Waals surface area contributed by atoms with E-state index in [1.165, 1.54) is 38.5 Å². The molecule has 1 aliphatic carbocycles. The van der Waals surface area contributed by atoms with Crippen LogP contribution in [0.4, 0.5) is 0 Å². The van der Waals surface area contributed by atoms with Crippen LogP contribution in [0.5, 0.6) is 0 Å². The molecule has 0 bridgehead atoms. The van der Waals surface area contributed by atoms with Gasteiger partial charge >= 0.3 is 0 Å². The highest BCUT2D eigenvalue weighted by atomic mass is 16.3. The van der Waals surface area contributed by atoms with Gasteiger partial charge in [-0.15, -0.1) is 5.10 Å². The van der Waals surface area contributed by atoms with E-state index in [1.54, 1.807) is 17.8 Å². The zero-order chi connectivity index (χ0) is 15.5. The Morgan fingerprint density at radius 3 is 2.59 bits per heavy atom. The highest BCUT2D eigenvalue weighted by molar-refractivity contribution is 5.77. The van der Waals surface area contributed by atoms with E-state index in [0.29, 0.717) is 37.0 Å². The van der Waals surface area contributed by atoms with Gasteiger partial charge in [-0.2, -0.15) is 0 Å². The van der Waals surface area contributed by atoms with Crippen molar-refractivity contribution in [2.24, 2.45) is 5.92 Å². The Bertz CT molecular complexity index is 500. The zero-order valence-electron chi connectivity index (χ0n) is 13.3. The molecule has 0 spiro atoms. The molecule has 1 amide bonds. The Morgan fingerprint density at radius 1 is 1.32 bits per heavy atom. The number of hydrogen-bond donors (Lipinski definition) is 1. The Hall–Kier alpha value is -1.43. The molecule has 1 aliphatic heterocycles. The minimum absolute atomic E-state index is 0.207. The van der Waals surface area contributed by atoms with Crippen LogP contribution in [-0.4, -0.2) is 44.0 Å². The topological polar surface area (TPSA) is 71.2 Å². The molecule has 1 aromatic rings. The molecule has 122 valence electrons. The first kappa shape index (κ1) is 15.5. The Labute approximate surface area is 131 Å².